The molecule has 0 radical (unpaired) electrons. The zero-order chi connectivity index (χ0) is 10.7. The molecule has 5 heteroatoms. The normalized spacial score (nSPS) is 21.3. The number of aryl methyl sites for hydroxylation is 1. The van der Waals surface area contributed by atoms with Crippen LogP contribution in [0.2, 0.25) is 0 Å². The van der Waals surface area contributed by atoms with Crippen molar-refractivity contribution in [1.29, 1.82) is 0 Å². The number of nitrogens with one attached hydrogen (secondary N) is 2. The van der Waals surface area contributed by atoms with Crippen LogP contribution in [0, 0.1) is 6.92 Å². The SMILES string of the molecule is Cc1[nH]ncc1C(=O)NC1CCCOC1. The molecule has 2 heterocycles. The second-order valence-electron chi connectivity index (χ2n) is 3.80. The molecule has 1 aliphatic rings. The lowest BCUT2D eigenvalue weighted by Gasteiger charge is -2.22. The first-order chi connectivity index (χ1) is 7.27. The van der Waals surface area contributed by atoms with Gasteiger partial charge < -0.3 is 10.1 Å². The summed E-state index contributed by atoms with van der Waals surface area (Å²) in [5, 5.41) is 9.50. The monoisotopic (exact) mass is 209 g/mol. The summed E-state index contributed by atoms with van der Waals surface area (Å²) in [5.74, 6) is -0.0725. The number of aromatic amines is 1. The Kier molecular flexibility index (Phi) is 3.01. The van der Waals surface area contributed by atoms with E-state index in [2.05, 4.69) is 15.5 Å². The molecule has 1 aromatic heterocycles. The van der Waals surface area contributed by atoms with Crippen molar-refractivity contribution in [3.8, 4) is 0 Å². The van der Waals surface area contributed by atoms with E-state index in [0.29, 0.717) is 12.2 Å². The summed E-state index contributed by atoms with van der Waals surface area (Å²) >= 11 is 0. The molecular formula is C10H15N3O2. The van der Waals surface area contributed by atoms with Gasteiger partial charge in [-0.1, -0.05) is 0 Å². The lowest BCUT2D eigenvalue weighted by molar-refractivity contribution is 0.0624. The summed E-state index contributed by atoms with van der Waals surface area (Å²) in [4.78, 5) is 11.8. The summed E-state index contributed by atoms with van der Waals surface area (Å²) in [5.41, 5.74) is 1.41. The summed E-state index contributed by atoms with van der Waals surface area (Å²) in [6, 6.07) is 0.139. The van der Waals surface area contributed by atoms with Gasteiger partial charge in [-0.2, -0.15) is 5.10 Å². The molecular weight excluding hydrogens is 194 g/mol. The second-order valence-corrected chi connectivity index (χ2v) is 3.80. The van der Waals surface area contributed by atoms with E-state index in [9.17, 15) is 4.79 Å². The number of carbonyl (C=O) groups excluding carboxylic acids is 1. The van der Waals surface area contributed by atoms with Gasteiger partial charge in [0, 0.05) is 12.3 Å². The quantitative estimate of drug-likeness (QED) is 0.750. The van der Waals surface area contributed by atoms with Gasteiger partial charge in [0.05, 0.1) is 24.4 Å². The fourth-order valence-corrected chi connectivity index (χ4v) is 1.70. The highest BCUT2D eigenvalue weighted by Crippen LogP contribution is 2.08. The smallest absolute Gasteiger partial charge is 0.255 e. The van der Waals surface area contributed by atoms with Gasteiger partial charge in [-0.05, 0) is 19.8 Å². The van der Waals surface area contributed by atoms with Crippen LogP contribution in [0.5, 0.6) is 0 Å². The van der Waals surface area contributed by atoms with Gasteiger partial charge in [0.2, 0.25) is 0 Å². The Balaban J connectivity index is 1.94. The van der Waals surface area contributed by atoms with E-state index >= 15 is 0 Å². The first kappa shape index (κ1) is 10.2. The average Bonchev–Trinajstić information content (AvgIpc) is 2.66. The lowest BCUT2D eigenvalue weighted by atomic mass is 10.1. The van der Waals surface area contributed by atoms with E-state index in [-0.39, 0.29) is 11.9 Å². The number of nitrogens with zero attached hydrogens (tertiary/aromatic N) is 1. The Bertz CT molecular complexity index is 342. The number of hydrogen-bond donors (Lipinski definition) is 2. The molecule has 2 N–H and O–H groups in total. The van der Waals surface area contributed by atoms with E-state index in [1.165, 1.54) is 0 Å². The van der Waals surface area contributed by atoms with E-state index in [1.54, 1.807) is 6.20 Å². The number of rotatable bonds is 2. The van der Waals surface area contributed by atoms with Crippen LogP contribution in [-0.2, 0) is 4.74 Å². The molecule has 15 heavy (non-hydrogen) atoms. The van der Waals surface area contributed by atoms with Crippen molar-refractivity contribution >= 4 is 5.91 Å². The van der Waals surface area contributed by atoms with Crippen LogP contribution in [0.15, 0.2) is 6.20 Å². The predicted octanol–water partition coefficient (Wildman–Crippen LogP) is 0.627. The Morgan fingerprint density at radius 3 is 3.20 bits per heavy atom. The van der Waals surface area contributed by atoms with Crippen molar-refractivity contribution in [2.24, 2.45) is 0 Å². The predicted molar refractivity (Wildman–Crippen MR) is 54.6 cm³/mol. The molecule has 0 bridgehead atoms. The molecule has 1 fully saturated rings. The first-order valence-corrected chi connectivity index (χ1v) is 5.16. The Morgan fingerprint density at radius 1 is 1.73 bits per heavy atom. The third-order valence-electron chi connectivity index (χ3n) is 2.57. The Labute approximate surface area is 88.2 Å². The fraction of sp³-hybridized carbons (Fsp3) is 0.600. The zero-order valence-corrected chi connectivity index (χ0v) is 8.75. The first-order valence-electron chi connectivity index (χ1n) is 5.16. The van der Waals surface area contributed by atoms with E-state index in [0.717, 1.165) is 25.1 Å². The molecule has 1 aromatic rings. The minimum atomic E-state index is -0.0725. The van der Waals surface area contributed by atoms with Crippen molar-refractivity contribution in [2.75, 3.05) is 13.2 Å². The molecule has 82 valence electrons. The number of hydrogen-bond acceptors (Lipinski definition) is 3. The van der Waals surface area contributed by atoms with Gasteiger partial charge in [-0.25, -0.2) is 0 Å². The second kappa shape index (κ2) is 4.44. The molecule has 1 saturated heterocycles. The van der Waals surface area contributed by atoms with E-state index < -0.39 is 0 Å². The van der Waals surface area contributed by atoms with Gasteiger partial charge >= 0.3 is 0 Å². The van der Waals surface area contributed by atoms with Crippen molar-refractivity contribution in [1.82, 2.24) is 15.5 Å². The van der Waals surface area contributed by atoms with Crippen LogP contribution < -0.4 is 5.32 Å². The highest BCUT2D eigenvalue weighted by molar-refractivity contribution is 5.95. The highest BCUT2D eigenvalue weighted by atomic mass is 16.5. The van der Waals surface area contributed by atoms with Crippen molar-refractivity contribution in [3.05, 3.63) is 17.5 Å². The maximum atomic E-state index is 11.8. The van der Waals surface area contributed by atoms with Gasteiger partial charge in [0.1, 0.15) is 0 Å². The van der Waals surface area contributed by atoms with Crippen molar-refractivity contribution < 1.29 is 9.53 Å². The molecule has 0 saturated carbocycles. The number of aromatic nitrogens is 2. The molecule has 0 spiro atoms. The third-order valence-corrected chi connectivity index (χ3v) is 2.57. The average molecular weight is 209 g/mol. The van der Waals surface area contributed by atoms with Gasteiger partial charge in [-0.3, -0.25) is 9.89 Å². The maximum absolute atomic E-state index is 11.8. The van der Waals surface area contributed by atoms with E-state index in [4.69, 9.17) is 4.74 Å². The third kappa shape index (κ3) is 2.36. The van der Waals surface area contributed by atoms with Crippen LogP contribution in [0.4, 0.5) is 0 Å². The van der Waals surface area contributed by atoms with Crippen LogP contribution in [-0.4, -0.2) is 35.4 Å². The zero-order valence-electron chi connectivity index (χ0n) is 8.75. The topological polar surface area (TPSA) is 67.0 Å². The van der Waals surface area contributed by atoms with Crippen LogP contribution in [0.25, 0.3) is 0 Å². The molecule has 1 amide bonds. The van der Waals surface area contributed by atoms with Gasteiger partial charge in [0.25, 0.3) is 5.91 Å². The standard InChI is InChI=1S/C10H15N3O2/c1-7-9(5-11-13-7)10(14)12-8-3-2-4-15-6-8/h5,8H,2-4,6H2,1H3,(H,11,13)(H,12,14). The van der Waals surface area contributed by atoms with Gasteiger partial charge in [0.15, 0.2) is 0 Å². The summed E-state index contributed by atoms with van der Waals surface area (Å²) in [7, 11) is 0. The van der Waals surface area contributed by atoms with E-state index in [1.807, 2.05) is 6.92 Å². The highest BCUT2D eigenvalue weighted by Gasteiger charge is 2.18. The number of carbonyl (C=O) groups is 1. The molecule has 5 nitrogen and oxygen atoms in total. The van der Waals surface area contributed by atoms with Crippen LogP contribution in [0.1, 0.15) is 28.9 Å². The van der Waals surface area contributed by atoms with Crippen LogP contribution in [0.3, 0.4) is 0 Å². The minimum Gasteiger partial charge on any atom is -0.379 e. The lowest BCUT2D eigenvalue weighted by Crippen LogP contribution is -2.40. The van der Waals surface area contributed by atoms with Crippen LogP contribution >= 0.6 is 0 Å². The molecule has 1 unspecified atom stereocenters. The number of amides is 1. The summed E-state index contributed by atoms with van der Waals surface area (Å²) < 4.78 is 5.29. The minimum absolute atomic E-state index is 0.0725. The number of H-pyrrole nitrogens is 1. The Morgan fingerprint density at radius 2 is 2.60 bits per heavy atom. The molecule has 0 aromatic carbocycles. The molecule has 2 rings (SSSR count). The molecule has 1 atom stereocenters. The fourth-order valence-electron chi connectivity index (χ4n) is 1.70. The Hall–Kier alpha value is -1.36. The summed E-state index contributed by atoms with van der Waals surface area (Å²) in [6.07, 6.45) is 3.55. The molecule has 0 aliphatic carbocycles. The summed E-state index contributed by atoms with van der Waals surface area (Å²) in [6.45, 7) is 3.25. The van der Waals surface area contributed by atoms with Gasteiger partial charge in [-0.15, -0.1) is 0 Å². The largest absolute Gasteiger partial charge is 0.379 e. The van der Waals surface area contributed by atoms with Crippen molar-refractivity contribution in [2.45, 2.75) is 25.8 Å². The van der Waals surface area contributed by atoms with Crippen molar-refractivity contribution in [3.63, 3.8) is 0 Å². The number of ether oxygens (including phenoxy) is 1. The molecule has 1 aliphatic heterocycles. The maximum Gasteiger partial charge on any atom is 0.255 e.